The second kappa shape index (κ2) is 7.46. The summed E-state index contributed by atoms with van der Waals surface area (Å²) >= 11 is 0. The minimum Gasteiger partial charge on any atom is -0.395 e. The number of aliphatic hydroxyl groups excluding tert-OH is 1. The van der Waals surface area contributed by atoms with Gasteiger partial charge in [0.15, 0.2) is 0 Å². The highest BCUT2D eigenvalue weighted by Gasteiger charge is 2.27. The Labute approximate surface area is 127 Å². The highest BCUT2D eigenvalue weighted by atomic mass is 16.3. The van der Waals surface area contributed by atoms with E-state index in [1.165, 1.54) is 12.8 Å². The largest absolute Gasteiger partial charge is 0.395 e. The first-order valence-corrected chi connectivity index (χ1v) is 7.93. The molecule has 1 saturated carbocycles. The Kier molecular flexibility index (Phi) is 5.62. The number of anilines is 1. The number of hydrogen-bond donors (Lipinski definition) is 2. The zero-order valence-electron chi connectivity index (χ0n) is 13.1. The topological polar surface area (TPSA) is 52.6 Å². The second-order valence-electron chi connectivity index (χ2n) is 5.72. The van der Waals surface area contributed by atoms with E-state index < -0.39 is 0 Å². The number of carbonyl (C=O) groups is 1. The third-order valence-corrected chi connectivity index (χ3v) is 4.21. The van der Waals surface area contributed by atoms with Gasteiger partial charge in [0.2, 0.25) is 0 Å². The molecule has 0 radical (unpaired) electrons. The molecule has 4 nitrogen and oxygen atoms in total. The van der Waals surface area contributed by atoms with E-state index in [1.54, 1.807) is 0 Å². The maximum absolute atomic E-state index is 12.7. The lowest BCUT2D eigenvalue weighted by atomic mass is 10.1. The molecule has 1 fully saturated rings. The molecular formula is C17H26N2O2. The van der Waals surface area contributed by atoms with Crippen LogP contribution < -0.4 is 5.32 Å². The van der Waals surface area contributed by atoms with Crippen LogP contribution in [0.25, 0.3) is 0 Å². The van der Waals surface area contributed by atoms with Crippen molar-refractivity contribution in [1.82, 2.24) is 4.90 Å². The van der Waals surface area contributed by atoms with Gasteiger partial charge in [-0.2, -0.15) is 0 Å². The summed E-state index contributed by atoms with van der Waals surface area (Å²) in [5, 5.41) is 12.5. The van der Waals surface area contributed by atoms with Crippen LogP contribution in [0.4, 0.5) is 5.69 Å². The summed E-state index contributed by atoms with van der Waals surface area (Å²) in [4.78, 5) is 14.6. The number of benzene rings is 1. The van der Waals surface area contributed by atoms with Crippen molar-refractivity contribution in [3.05, 3.63) is 29.3 Å². The Balaban J connectivity index is 2.17. The van der Waals surface area contributed by atoms with E-state index in [2.05, 4.69) is 12.2 Å². The number of nitrogens with zero attached hydrogens (tertiary/aromatic N) is 1. The van der Waals surface area contributed by atoms with Crippen molar-refractivity contribution in [1.29, 1.82) is 0 Å². The van der Waals surface area contributed by atoms with Gasteiger partial charge in [0, 0.05) is 30.4 Å². The van der Waals surface area contributed by atoms with Gasteiger partial charge in [-0.3, -0.25) is 4.79 Å². The summed E-state index contributed by atoms with van der Waals surface area (Å²) in [7, 11) is 0. The fraction of sp³-hybridized carbons (Fsp3) is 0.588. The number of aliphatic hydroxyl groups is 1. The highest BCUT2D eigenvalue weighted by molar-refractivity contribution is 5.95. The van der Waals surface area contributed by atoms with E-state index in [0.29, 0.717) is 12.6 Å². The number of amides is 1. The van der Waals surface area contributed by atoms with Gasteiger partial charge in [0.1, 0.15) is 0 Å². The van der Waals surface area contributed by atoms with Gasteiger partial charge in [0.05, 0.1) is 6.61 Å². The fourth-order valence-electron chi connectivity index (χ4n) is 3.12. The molecule has 1 amide bonds. The molecule has 116 valence electrons. The Morgan fingerprint density at radius 2 is 2.10 bits per heavy atom. The van der Waals surface area contributed by atoms with Crippen molar-refractivity contribution in [3.63, 3.8) is 0 Å². The van der Waals surface area contributed by atoms with Crippen molar-refractivity contribution in [2.75, 3.05) is 25.0 Å². The molecule has 2 N–H and O–H groups in total. The maximum Gasteiger partial charge on any atom is 0.254 e. The molecule has 1 aromatic carbocycles. The molecule has 0 bridgehead atoms. The number of rotatable bonds is 6. The molecule has 4 heteroatoms. The molecule has 0 spiro atoms. The van der Waals surface area contributed by atoms with Crippen molar-refractivity contribution in [2.45, 2.75) is 45.6 Å². The van der Waals surface area contributed by atoms with Crippen molar-refractivity contribution < 1.29 is 9.90 Å². The first-order valence-electron chi connectivity index (χ1n) is 7.93. The van der Waals surface area contributed by atoms with Crippen LogP contribution in [0.5, 0.6) is 0 Å². The van der Waals surface area contributed by atoms with E-state index >= 15 is 0 Å². The molecule has 0 heterocycles. The summed E-state index contributed by atoms with van der Waals surface area (Å²) in [6.07, 6.45) is 4.47. The lowest BCUT2D eigenvalue weighted by Crippen LogP contribution is -2.40. The van der Waals surface area contributed by atoms with Crippen LogP contribution in [-0.2, 0) is 0 Å². The summed E-state index contributed by atoms with van der Waals surface area (Å²) in [6, 6.07) is 6.09. The zero-order chi connectivity index (χ0) is 15.2. The molecule has 0 aliphatic heterocycles. The van der Waals surface area contributed by atoms with Gasteiger partial charge in [-0.05, 0) is 50.5 Å². The molecule has 0 unspecified atom stereocenters. The van der Waals surface area contributed by atoms with E-state index in [9.17, 15) is 9.90 Å². The Morgan fingerprint density at radius 3 is 2.67 bits per heavy atom. The molecule has 1 aliphatic carbocycles. The minimum absolute atomic E-state index is 0.0245. The summed E-state index contributed by atoms with van der Waals surface area (Å²) in [5.74, 6) is 0.0436. The van der Waals surface area contributed by atoms with Crippen LogP contribution in [0.2, 0.25) is 0 Å². The molecule has 0 saturated heterocycles. The average Bonchev–Trinajstić information content (AvgIpc) is 3.00. The fourth-order valence-corrected chi connectivity index (χ4v) is 3.12. The smallest absolute Gasteiger partial charge is 0.254 e. The first-order chi connectivity index (χ1) is 10.2. The van der Waals surface area contributed by atoms with Crippen LogP contribution in [0, 0.1) is 6.92 Å². The molecule has 21 heavy (non-hydrogen) atoms. The van der Waals surface area contributed by atoms with Gasteiger partial charge in [0.25, 0.3) is 5.91 Å². The number of aryl methyl sites for hydroxylation is 1. The lowest BCUT2D eigenvalue weighted by Gasteiger charge is -2.28. The Morgan fingerprint density at radius 1 is 1.38 bits per heavy atom. The van der Waals surface area contributed by atoms with E-state index in [-0.39, 0.29) is 12.5 Å². The quantitative estimate of drug-likeness (QED) is 0.847. The number of hydrogen-bond acceptors (Lipinski definition) is 3. The predicted molar refractivity (Wildman–Crippen MR) is 85.7 cm³/mol. The molecular weight excluding hydrogens is 264 g/mol. The maximum atomic E-state index is 12.7. The summed E-state index contributed by atoms with van der Waals surface area (Å²) < 4.78 is 0. The Bertz CT molecular complexity index is 482. The van der Waals surface area contributed by atoms with Crippen LogP contribution in [0.1, 0.15) is 48.5 Å². The van der Waals surface area contributed by atoms with E-state index in [0.717, 1.165) is 36.2 Å². The monoisotopic (exact) mass is 290 g/mol. The average molecular weight is 290 g/mol. The normalized spacial score (nSPS) is 15.2. The predicted octanol–water partition coefficient (Wildman–Crippen LogP) is 2.80. The SMILES string of the molecule is CCNc1ccc(C(=O)N(CCO)C2CCCC2)cc1C. The van der Waals surface area contributed by atoms with Crippen LogP contribution in [0.15, 0.2) is 18.2 Å². The van der Waals surface area contributed by atoms with Crippen molar-refractivity contribution in [3.8, 4) is 0 Å². The standard InChI is InChI=1S/C17H26N2O2/c1-3-18-16-9-8-14(12-13(16)2)17(21)19(10-11-20)15-6-4-5-7-15/h8-9,12,15,18,20H,3-7,10-11H2,1-2H3. The second-order valence-corrected chi connectivity index (χ2v) is 5.72. The van der Waals surface area contributed by atoms with Crippen molar-refractivity contribution in [2.24, 2.45) is 0 Å². The van der Waals surface area contributed by atoms with Crippen LogP contribution in [0.3, 0.4) is 0 Å². The minimum atomic E-state index is 0.0245. The lowest BCUT2D eigenvalue weighted by molar-refractivity contribution is 0.0638. The molecule has 1 aromatic rings. The van der Waals surface area contributed by atoms with E-state index in [4.69, 9.17) is 0 Å². The Hall–Kier alpha value is -1.55. The molecule has 1 aliphatic rings. The highest BCUT2D eigenvalue weighted by Crippen LogP contribution is 2.25. The third-order valence-electron chi connectivity index (χ3n) is 4.21. The zero-order valence-corrected chi connectivity index (χ0v) is 13.1. The van der Waals surface area contributed by atoms with Gasteiger partial charge in [-0.1, -0.05) is 12.8 Å². The van der Waals surface area contributed by atoms with Crippen LogP contribution in [-0.4, -0.2) is 41.7 Å². The van der Waals surface area contributed by atoms with Crippen molar-refractivity contribution >= 4 is 11.6 Å². The van der Waals surface area contributed by atoms with Gasteiger partial charge < -0.3 is 15.3 Å². The molecule has 0 aromatic heterocycles. The van der Waals surface area contributed by atoms with Gasteiger partial charge in [-0.25, -0.2) is 0 Å². The summed E-state index contributed by atoms with van der Waals surface area (Å²) in [6.45, 7) is 5.39. The van der Waals surface area contributed by atoms with Gasteiger partial charge in [-0.15, -0.1) is 0 Å². The van der Waals surface area contributed by atoms with Crippen LogP contribution >= 0.6 is 0 Å². The summed E-state index contributed by atoms with van der Waals surface area (Å²) in [5.41, 5.74) is 2.87. The number of nitrogens with one attached hydrogen (secondary N) is 1. The van der Waals surface area contributed by atoms with E-state index in [1.807, 2.05) is 30.0 Å². The third kappa shape index (κ3) is 3.76. The molecule has 2 rings (SSSR count). The molecule has 0 atom stereocenters. The number of carbonyl (C=O) groups excluding carboxylic acids is 1. The first kappa shape index (κ1) is 15.8. The van der Waals surface area contributed by atoms with Gasteiger partial charge >= 0.3 is 0 Å².